The van der Waals surface area contributed by atoms with Gasteiger partial charge in [0.2, 0.25) is 10.0 Å². The van der Waals surface area contributed by atoms with E-state index in [0.717, 1.165) is 11.6 Å². The number of hydrogen-bond donors (Lipinski definition) is 1. The number of hydrogen-bond acceptors (Lipinski definition) is 3. The third-order valence-electron chi connectivity index (χ3n) is 3.88. The number of sulfonamides is 1. The summed E-state index contributed by atoms with van der Waals surface area (Å²) in [6, 6.07) is 10.7. The van der Waals surface area contributed by atoms with E-state index in [4.69, 9.17) is 4.74 Å². The van der Waals surface area contributed by atoms with E-state index in [0.29, 0.717) is 11.3 Å². The largest absolute Gasteiger partial charge is 0.497 e. The highest BCUT2D eigenvalue weighted by Crippen LogP contribution is 2.26. The second-order valence-corrected chi connectivity index (χ2v) is 7.74. The van der Waals surface area contributed by atoms with Crippen molar-refractivity contribution in [3.05, 3.63) is 59.4 Å². The van der Waals surface area contributed by atoms with Gasteiger partial charge in [-0.05, 0) is 48.2 Å². The maximum absolute atomic E-state index is 13.7. The van der Waals surface area contributed by atoms with Crippen LogP contribution in [0.4, 0.5) is 4.39 Å². The summed E-state index contributed by atoms with van der Waals surface area (Å²) in [6.07, 6.45) is 0. The van der Waals surface area contributed by atoms with Crippen molar-refractivity contribution in [2.45, 2.75) is 31.7 Å². The predicted octanol–water partition coefficient (Wildman–Crippen LogP) is 3.82. The van der Waals surface area contributed by atoms with Crippen LogP contribution in [0.5, 0.6) is 5.75 Å². The number of nitrogens with one attached hydrogen (secondary N) is 1. The lowest BCUT2D eigenvalue weighted by Crippen LogP contribution is -2.31. The summed E-state index contributed by atoms with van der Waals surface area (Å²) in [7, 11) is -2.26. The molecule has 130 valence electrons. The van der Waals surface area contributed by atoms with E-state index in [-0.39, 0.29) is 10.8 Å². The molecule has 1 N–H and O–H groups in total. The van der Waals surface area contributed by atoms with Crippen LogP contribution in [-0.4, -0.2) is 15.5 Å². The molecule has 2 aromatic carbocycles. The lowest BCUT2D eigenvalue weighted by molar-refractivity contribution is 0.413. The first-order valence-corrected chi connectivity index (χ1v) is 9.15. The SMILES string of the molecule is COc1ccc(C(NS(=O)(=O)c2ccc(C)c(F)c2)C(C)C)cc1. The smallest absolute Gasteiger partial charge is 0.241 e. The summed E-state index contributed by atoms with van der Waals surface area (Å²) in [6.45, 7) is 5.44. The topological polar surface area (TPSA) is 55.4 Å². The molecule has 0 spiro atoms. The molecule has 0 fully saturated rings. The number of methoxy groups -OCH3 is 1. The van der Waals surface area contributed by atoms with Crippen molar-refractivity contribution in [1.29, 1.82) is 0 Å². The zero-order chi connectivity index (χ0) is 17.9. The molecule has 0 aliphatic heterocycles. The molecule has 6 heteroatoms. The van der Waals surface area contributed by atoms with E-state index >= 15 is 0 Å². The Bertz CT molecular complexity index is 802. The molecule has 0 bridgehead atoms. The van der Waals surface area contributed by atoms with Gasteiger partial charge in [-0.15, -0.1) is 0 Å². The van der Waals surface area contributed by atoms with Crippen LogP contribution in [0, 0.1) is 18.7 Å². The van der Waals surface area contributed by atoms with E-state index in [9.17, 15) is 12.8 Å². The van der Waals surface area contributed by atoms with Crippen molar-refractivity contribution in [1.82, 2.24) is 4.72 Å². The maximum Gasteiger partial charge on any atom is 0.241 e. The minimum atomic E-state index is -3.83. The highest BCUT2D eigenvalue weighted by Gasteiger charge is 2.24. The molecule has 24 heavy (non-hydrogen) atoms. The van der Waals surface area contributed by atoms with Crippen LogP contribution in [0.15, 0.2) is 47.4 Å². The van der Waals surface area contributed by atoms with Crippen LogP contribution >= 0.6 is 0 Å². The number of rotatable bonds is 6. The van der Waals surface area contributed by atoms with Crippen LogP contribution in [0.3, 0.4) is 0 Å². The Labute approximate surface area is 142 Å². The summed E-state index contributed by atoms with van der Waals surface area (Å²) in [5.41, 5.74) is 1.23. The Balaban J connectivity index is 2.33. The summed E-state index contributed by atoms with van der Waals surface area (Å²) in [5.74, 6) is 0.177. The van der Waals surface area contributed by atoms with Gasteiger partial charge in [0.1, 0.15) is 11.6 Å². The minimum Gasteiger partial charge on any atom is -0.497 e. The lowest BCUT2D eigenvalue weighted by Gasteiger charge is -2.23. The molecular formula is C18H22FNO3S. The van der Waals surface area contributed by atoms with Crippen LogP contribution in [-0.2, 0) is 10.0 Å². The van der Waals surface area contributed by atoms with Crippen molar-refractivity contribution in [3.63, 3.8) is 0 Å². The first-order valence-electron chi connectivity index (χ1n) is 7.67. The average molecular weight is 351 g/mol. The Morgan fingerprint density at radius 3 is 2.21 bits per heavy atom. The summed E-state index contributed by atoms with van der Waals surface area (Å²) >= 11 is 0. The lowest BCUT2D eigenvalue weighted by atomic mass is 9.97. The van der Waals surface area contributed by atoms with Gasteiger partial charge in [0, 0.05) is 6.04 Å². The Kier molecular flexibility index (Phi) is 5.62. The third-order valence-corrected chi connectivity index (χ3v) is 5.32. The van der Waals surface area contributed by atoms with E-state index in [1.807, 2.05) is 26.0 Å². The van der Waals surface area contributed by atoms with Gasteiger partial charge in [-0.3, -0.25) is 0 Å². The van der Waals surface area contributed by atoms with Gasteiger partial charge in [-0.2, -0.15) is 0 Å². The van der Waals surface area contributed by atoms with Crippen molar-refractivity contribution in [2.24, 2.45) is 5.92 Å². The van der Waals surface area contributed by atoms with Crippen molar-refractivity contribution in [3.8, 4) is 5.75 Å². The standard InChI is InChI=1S/C18H22FNO3S/c1-12(2)18(14-6-8-15(23-4)9-7-14)20-24(21,22)16-10-5-13(3)17(19)11-16/h5-12,18,20H,1-4H3. The van der Waals surface area contributed by atoms with Crippen LogP contribution in [0.2, 0.25) is 0 Å². The zero-order valence-corrected chi connectivity index (χ0v) is 15.0. The fraction of sp³-hybridized carbons (Fsp3) is 0.333. The Hall–Kier alpha value is -1.92. The van der Waals surface area contributed by atoms with E-state index in [1.165, 1.54) is 12.1 Å². The fourth-order valence-corrected chi connectivity index (χ4v) is 3.76. The predicted molar refractivity (Wildman–Crippen MR) is 92.0 cm³/mol. The third kappa shape index (κ3) is 4.13. The maximum atomic E-state index is 13.7. The molecule has 1 atom stereocenters. The molecule has 0 aliphatic rings. The van der Waals surface area contributed by atoms with Crippen molar-refractivity contribution >= 4 is 10.0 Å². The molecule has 0 amide bonds. The van der Waals surface area contributed by atoms with Gasteiger partial charge in [-0.25, -0.2) is 17.5 Å². The van der Waals surface area contributed by atoms with E-state index in [2.05, 4.69) is 4.72 Å². The molecule has 4 nitrogen and oxygen atoms in total. The molecule has 0 saturated heterocycles. The summed E-state index contributed by atoms with van der Waals surface area (Å²) in [5, 5.41) is 0. The quantitative estimate of drug-likeness (QED) is 0.861. The highest BCUT2D eigenvalue weighted by atomic mass is 32.2. The van der Waals surface area contributed by atoms with Crippen molar-refractivity contribution < 1.29 is 17.5 Å². The molecular weight excluding hydrogens is 329 g/mol. The van der Waals surface area contributed by atoms with Crippen LogP contribution in [0.1, 0.15) is 31.0 Å². The number of benzene rings is 2. The Morgan fingerprint density at radius 2 is 1.71 bits per heavy atom. The zero-order valence-electron chi connectivity index (χ0n) is 14.2. The number of ether oxygens (including phenoxy) is 1. The van der Waals surface area contributed by atoms with Gasteiger partial charge in [0.15, 0.2) is 0 Å². The summed E-state index contributed by atoms with van der Waals surface area (Å²) < 4.78 is 46.7. The minimum absolute atomic E-state index is 0.0171. The molecule has 0 aliphatic carbocycles. The fourth-order valence-electron chi connectivity index (χ4n) is 2.38. The van der Waals surface area contributed by atoms with Gasteiger partial charge in [-0.1, -0.05) is 32.0 Å². The highest BCUT2D eigenvalue weighted by molar-refractivity contribution is 7.89. The molecule has 0 heterocycles. The first-order chi connectivity index (χ1) is 11.2. The van der Waals surface area contributed by atoms with E-state index in [1.54, 1.807) is 26.2 Å². The van der Waals surface area contributed by atoms with Gasteiger partial charge in [0.05, 0.1) is 12.0 Å². The van der Waals surface area contributed by atoms with E-state index < -0.39 is 21.9 Å². The van der Waals surface area contributed by atoms with Gasteiger partial charge in [0.25, 0.3) is 0 Å². The molecule has 0 radical (unpaired) electrons. The second-order valence-electron chi connectivity index (χ2n) is 6.03. The molecule has 1 unspecified atom stereocenters. The van der Waals surface area contributed by atoms with Gasteiger partial charge < -0.3 is 4.74 Å². The average Bonchev–Trinajstić information content (AvgIpc) is 2.55. The molecule has 2 aromatic rings. The number of halogens is 1. The second kappa shape index (κ2) is 7.32. The summed E-state index contributed by atoms with van der Waals surface area (Å²) in [4.78, 5) is -0.0789. The Morgan fingerprint density at radius 1 is 1.08 bits per heavy atom. The van der Waals surface area contributed by atoms with Crippen LogP contribution in [0.25, 0.3) is 0 Å². The van der Waals surface area contributed by atoms with Crippen molar-refractivity contribution in [2.75, 3.05) is 7.11 Å². The molecule has 0 saturated carbocycles. The first kappa shape index (κ1) is 18.4. The molecule has 0 aromatic heterocycles. The van der Waals surface area contributed by atoms with Crippen LogP contribution < -0.4 is 9.46 Å². The number of aryl methyl sites for hydroxylation is 1. The molecule has 2 rings (SSSR count). The normalized spacial score (nSPS) is 13.1. The van der Waals surface area contributed by atoms with Gasteiger partial charge >= 0.3 is 0 Å². The monoisotopic (exact) mass is 351 g/mol.